The standard InChI is InChI=1S/C16H19NO2/c1-12-3-4-15(13(2)18)16(11-12)19-10-7-14-5-8-17-9-6-14/h3-6,8-9,11,13,18H,7,10H2,1-2H3/t13-/m1/s1. The molecular formula is C16H19NO2. The number of hydrogen-bond acceptors (Lipinski definition) is 3. The summed E-state index contributed by atoms with van der Waals surface area (Å²) in [5, 5.41) is 9.72. The number of aryl methyl sites for hydroxylation is 1. The second-order valence-electron chi connectivity index (χ2n) is 4.67. The summed E-state index contributed by atoms with van der Waals surface area (Å²) in [6, 6.07) is 9.83. The number of pyridine rings is 1. The SMILES string of the molecule is Cc1ccc([C@@H](C)O)c(OCCc2ccncc2)c1. The largest absolute Gasteiger partial charge is 0.493 e. The second kappa shape index (κ2) is 6.34. The van der Waals surface area contributed by atoms with Crippen LogP contribution in [0.25, 0.3) is 0 Å². The summed E-state index contributed by atoms with van der Waals surface area (Å²) in [7, 11) is 0. The minimum Gasteiger partial charge on any atom is -0.493 e. The first-order valence-electron chi connectivity index (χ1n) is 6.47. The normalized spacial score (nSPS) is 12.2. The van der Waals surface area contributed by atoms with Gasteiger partial charge in [-0.2, -0.15) is 0 Å². The Balaban J connectivity index is 2.01. The molecule has 1 heterocycles. The van der Waals surface area contributed by atoms with Crippen LogP contribution in [-0.4, -0.2) is 16.7 Å². The van der Waals surface area contributed by atoms with Crippen molar-refractivity contribution in [2.24, 2.45) is 0 Å². The van der Waals surface area contributed by atoms with Gasteiger partial charge in [0.15, 0.2) is 0 Å². The molecule has 3 heteroatoms. The lowest BCUT2D eigenvalue weighted by molar-refractivity contribution is 0.191. The Hall–Kier alpha value is -1.87. The van der Waals surface area contributed by atoms with E-state index in [2.05, 4.69) is 4.98 Å². The van der Waals surface area contributed by atoms with Crippen LogP contribution < -0.4 is 4.74 Å². The number of rotatable bonds is 5. The van der Waals surface area contributed by atoms with E-state index < -0.39 is 6.10 Å². The number of nitrogens with zero attached hydrogens (tertiary/aromatic N) is 1. The van der Waals surface area contributed by atoms with E-state index in [1.165, 1.54) is 5.56 Å². The predicted octanol–water partition coefficient (Wildman–Crippen LogP) is 3.06. The van der Waals surface area contributed by atoms with Crippen LogP contribution in [0.4, 0.5) is 0 Å². The maximum absolute atomic E-state index is 9.72. The molecule has 0 bridgehead atoms. The van der Waals surface area contributed by atoms with Gasteiger partial charge in [-0.3, -0.25) is 4.98 Å². The average Bonchev–Trinajstić information content (AvgIpc) is 2.39. The molecule has 0 radical (unpaired) electrons. The molecule has 0 spiro atoms. The van der Waals surface area contributed by atoms with Crippen LogP contribution in [0.1, 0.15) is 29.7 Å². The van der Waals surface area contributed by atoms with Gasteiger partial charge in [0.1, 0.15) is 5.75 Å². The maximum Gasteiger partial charge on any atom is 0.125 e. The van der Waals surface area contributed by atoms with Crippen molar-refractivity contribution in [1.29, 1.82) is 0 Å². The predicted molar refractivity (Wildman–Crippen MR) is 75.2 cm³/mol. The van der Waals surface area contributed by atoms with Crippen LogP contribution in [0.2, 0.25) is 0 Å². The van der Waals surface area contributed by atoms with Gasteiger partial charge in [-0.15, -0.1) is 0 Å². The highest BCUT2D eigenvalue weighted by atomic mass is 16.5. The maximum atomic E-state index is 9.72. The first-order valence-corrected chi connectivity index (χ1v) is 6.47. The zero-order valence-corrected chi connectivity index (χ0v) is 11.3. The average molecular weight is 257 g/mol. The van der Waals surface area contributed by atoms with Gasteiger partial charge in [-0.05, 0) is 43.2 Å². The molecule has 1 atom stereocenters. The van der Waals surface area contributed by atoms with Gasteiger partial charge < -0.3 is 9.84 Å². The molecule has 1 aromatic heterocycles. The molecule has 0 unspecified atom stereocenters. The van der Waals surface area contributed by atoms with Gasteiger partial charge in [0, 0.05) is 24.4 Å². The number of benzene rings is 1. The summed E-state index contributed by atoms with van der Waals surface area (Å²) in [5.41, 5.74) is 3.16. The van der Waals surface area contributed by atoms with Crippen molar-refractivity contribution in [2.75, 3.05) is 6.61 Å². The van der Waals surface area contributed by atoms with Crippen LogP contribution in [0.15, 0.2) is 42.7 Å². The summed E-state index contributed by atoms with van der Waals surface area (Å²) in [6.07, 6.45) is 3.87. The van der Waals surface area contributed by atoms with Gasteiger partial charge in [0.2, 0.25) is 0 Å². The monoisotopic (exact) mass is 257 g/mol. The summed E-state index contributed by atoms with van der Waals surface area (Å²) < 4.78 is 5.80. The minimum atomic E-state index is -0.517. The number of hydrogen-bond donors (Lipinski definition) is 1. The van der Waals surface area contributed by atoms with Crippen molar-refractivity contribution in [3.05, 3.63) is 59.4 Å². The molecule has 3 nitrogen and oxygen atoms in total. The van der Waals surface area contributed by atoms with Gasteiger partial charge in [0.05, 0.1) is 12.7 Å². The fourth-order valence-corrected chi connectivity index (χ4v) is 1.94. The molecule has 100 valence electrons. The molecule has 2 aromatic rings. The Bertz CT molecular complexity index is 524. The van der Waals surface area contributed by atoms with Crippen LogP contribution >= 0.6 is 0 Å². The van der Waals surface area contributed by atoms with E-state index in [-0.39, 0.29) is 0 Å². The van der Waals surface area contributed by atoms with Crippen molar-refractivity contribution < 1.29 is 9.84 Å². The molecule has 0 aliphatic rings. The first-order chi connectivity index (χ1) is 9.16. The molecule has 0 saturated carbocycles. The Morgan fingerprint density at radius 2 is 1.95 bits per heavy atom. The van der Waals surface area contributed by atoms with E-state index in [9.17, 15) is 5.11 Å². The van der Waals surface area contributed by atoms with Gasteiger partial charge in [0.25, 0.3) is 0 Å². The van der Waals surface area contributed by atoms with Crippen LogP contribution in [0.5, 0.6) is 5.75 Å². The van der Waals surface area contributed by atoms with E-state index in [1.54, 1.807) is 19.3 Å². The van der Waals surface area contributed by atoms with E-state index in [4.69, 9.17) is 4.74 Å². The summed E-state index contributed by atoms with van der Waals surface area (Å²) in [5.74, 6) is 0.768. The number of aliphatic hydroxyl groups is 1. The van der Waals surface area contributed by atoms with Gasteiger partial charge >= 0.3 is 0 Å². The van der Waals surface area contributed by atoms with Crippen molar-refractivity contribution in [2.45, 2.75) is 26.4 Å². The second-order valence-corrected chi connectivity index (χ2v) is 4.67. The highest BCUT2D eigenvalue weighted by molar-refractivity contribution is 5.38. The van der Waals surface area contributed by atoms with E-state index in [1.807, 2.05) is 37.3 Å². The highest BCUT2D eigenvalue weighted by Gasteiger charge is 2.09. The smallest absolute Gasteiger partial charge is 0.125 e. The molecule has 0 aliphatic heterocycles. The van der Waals surface area contributed by atoms with Crippen molar-refractivity contribution in [1.82, 2.24) is 4.98 Å². The molecule has 1 aromatic carbocycles. The summed E-state index contributed by atoms with van der Waals surface area (Å²) >= 11 is 0. The van der Waals surface area contributed by atoms with Crippen molar-refractivity contribution >= 4 is 0 Å². The minimum absolute atomic E-state index is 0.517. The number of ether oxygens (including phenoxy) is 1. The van der Waals surface area contributed by atoms with E-state index >= 15 is 0 Å². The molecule has 19 heavy (non-hydrogen) atoms. The Morgan fingerprint density at radius 3 is 2.63 bits per heavy atom. The van der Waals surface area contributed by atoms with Crippen LogP contribution in [0.3, 0.4) is 0 Å². The van der Waals surface area contributed by atoms with Gasteiger partial charge in [-0.25, -0.2) is 0 Å². The summed E-state index contributed by atoms with van der Waals surface area (Å²) in [4.78, 5) is 3.99. The number of aromatic nitrogens is 1. The fraction of sp³-hybridized carbons (Fsp3) is 0.312. The first kappa shape index (κ1) is 13.6. The van der Waals surface area contributed by atoms with Crippen molar-refractivity contribution in [3.8, 4) is 5.75 Å². The molecular weight excluding hydrogens is 238 g/mol. The van der Waals surface area contributed by atoms with Crippen LogP contribution in [-0.2, 0) is 6.42 Å². The van der Waals surface area contributed by atoms with E-state index in [0.29, 0.717) is 6.61 Å². The zero-order valence-electron chi connectivity index (χ0n) is 11.3. The fourth-order valence-electron chi connectivity index (χ4n) is 1.94. The molecule has 2 rings (SSSR count). The molecule has 0 saturated heterocycles. The third-order valence-electron chi connectivity index (χ3n) is 3.02. The van der Waals surface area contributed by atoms with Gasteiger partial charge in [-0.1, -0.05) is 12.1 Å². The Kier molecular flexibility index (Phi) is 4.53. The lowest BCUT2D eigenvalue weighted by atomic mass is 10.1. The molecule has 0 fully saturated rings. The van der Waals surface area contributed by atoms with E-state index in [0.717, 1.165) is 23.3 Å². The lowest BCUT2D eigenvalue weighted by Gasteiger charge is -2.14. The topological polar surface area (TPSA) is 42.4 Å². The number of aliphatic hydroxyl groups excluding tert-OH is 1. The van der Waals surface area contributed by atoms with Crippen molar-refractivity contribution in [3.63, 3.8) is 0 Å². The van der Waals surface area contributed by atoms with Crippen LogP contribution in [0, 0.1) is 6.92 Å². The molecule has 1 N–H and O–H groups in total. The Morgan fingerprint density at radius 1 is 1.21 bits per heavy atom. The molecule has 0 amide bonds. The zero-order chi connectivity index (χ0) is 13.7. The third kappa shape index (κ3) is 3.80. The Labute approximate surface area is 113 Å². The quantitative estimate of drug-likeness (QED) is 0.895. The third-order valence-corrected chi connectivity index (χ3v) is 3.02. The lowest BCUT2D eigenvalue weighted by Crippen LogP contribution is -2.05. The molecule has 0 aliphatic carbocycles. The highest BCUT2D eigenvalue weighted by Crippen LogP contribution is 2.26. The summed E-state index contributed by atoms with van der Waals surface area (Å²) in [6.45, 7) is 4.36.